The third-order valence-corrected chi connectivity index (χ3v) is 4.04. The fourth-order valence-corrected chi connectivity index (χ4v) is 2.79. The number of hydrogen-bond acceptors (Lipinski definition) is 4. The van der Waals surface area contributed by atoms with Crippen molar-refractivity contribution in [1.29, 1.82) is 5.41 Å². The Kier molecular flexibility index (Phi) is 4.04. The average molecular weight is 323 g/mol. The van der Waals surface area contributed by atoms with Crippen molar-refractivity contribution < 1.29 is 14.3 Å². The summed E-state index contributed by atoms with van der Waals surface area (Å²) in [6, 6.07) is 14.1. The molecule has 1 heterocycles. The van der Waals surface area contributed by atoms with E-state index >= 15 is 0 Å². The first-order chi connectivity index (χ1) is 11.5. The Morgan fingerprint density at radius 2 is 1.58 bits per heavy atom. The predicted molar refractivity (Wildman–Crippen MR) is 88.9 cm³/mol. The van der Waals surface area contributed by atoms with Gasteiger partial charge in [0.25, 0.3) is 0 Å². The summed E-state index contributed by atoms with van der Waals surface area (Å²) in [5, 5.41) is 8.24. The number of Topliss-reactive ketones (excluding diaryl/α,β-unsaturated/α-hetero) is 1. The molecule has 0 spiro atoms. The Morgan fingerprint density at radius 1 is 1.00 bits per heavy atom. The van der Waals surface area contributed by atoms with Crippen molar-refractivity contribution in [3.63, 3.8) is 0 Å². The highest BCUT2D eigenvalue weighted by molar-refractivity contribution is 6.06. The summed E-state index contributed by atoms with van der Waals surface area (Å²) in [4.78, 5) is 24.6. The molecule has 122 valence electrons. The number of ketones is 1. The van der Waals surface area contributed by atoms with Crippen molar-refractivity contribution in [2.24, 2.45) is 7.05 Å². The largest absolute Gasteiger partial charge is 0.465 e. The molecule has 0 aliphatic heterocycles. The minimum absolute atomic E-state index is 0.0196. The van der Waals surface area contributed by atoms with Gasteiger partial charge < -0.3 is 13.9 Å². The van der Waals surface area contributed by atoms with Crippen molar-refractivity contribution >= 4 is 22.8 Å². The van der Waals surface area contributed by atoms with E-state index < -0.39 is 5.97 Å². The van der Waals surface area contributed by atoms with Crippen LogP contribution >= 0.6 is 0 Å². The number of fused-ring (bicyclic) bond motifs is 1. The van der Waals surface area contributed by atoms with Crippen LogP contribution < -0.4 is 5.62 Å². The maximum absolute atomic E-state index is 12.7. The topological polar surface area (TPSA) is 77.1 Å². The summed E-state index contributed by atoms with van der Waals surface area (Å²) in [6.45, 7) is -0.0196. The molecule has 6 heteroatoms. The lowest BCUT2D eigenvalue weighted by Crippen LogP contribution is -2.26. The lowest BCUT2D eigenvalue weighted by atomic mass is 10.0. The number of aromatic nitrogens is 2. The van der Waals surface area contributed by atoms with E-state index in [-0.39, 0.29) is 23.5 Å². The predicted octanol–water partition coefficient (Wildman–Crippen LogP) is 2.13. The highest BCUT2D eigenvalue weighted by atomic mass is 16.5. The van der Waals surface area contributed by atoms with Gasteiger partial charge >= 0.3 is 5.97 Å². The summed E-state index contributed by atoms with van der Waals surface area (Å²) >= 11 is 0. The lowest BCUT2D eigenvalue weighted by molar-refractivity contribution is 0.0596. The van der Waals surface area contributed by atoms with Gasteiger partial charge in [0.05, 0.1) is 30.3 Å². The van der Waals surface area contributed by atoms with Crippen molar-refractivity contribution in [3.05, 3.63) is 65.3 Å². The molecule has 0 aliphatic carbocycles. The molecule has 3 rings (SSSR count). The minimum atomic E-state index is -0.548. The number of carbonyl (C=O) groups excluding carboxylic acids is 2. The maximum Gasteiger partial charge on any atom is 0.338 e. The van der Waals surface area contributed by atoms with Gasteiger partial charge in [0.15, 0.2) is 5.78 Å². The molecule has 6 nitrogen and oxygen atoms in total. The first-order valence-corrected chi connectivity index (χ1v) is 7.44. The zero-order valence-corrected chi connectivity index (χ0v) is 13.4. The number of ether oxygens (including phenoxy) is 1. The standard InChI is InChI=1S/C18H17N3O3/c1-20-14-9-5-6-10-15(14)21(18(20)19)11-16(22)12-7-3-4-8-13(12)17(23)24-2/h3-10,19H,11H2,1-2H3. The van der Waals surface area contributed by atoms with Gasteiger partial charge in [-0.1, -0.05) is 30.3 Å². The summed E-state index contributed by atoms with van der Waals surface area (Å²) in [5.41, 5.74) is 2.42. The van der Waals surface area contributed by atoms with Crippen molar-refractivity contribution in [2.75, 3.05) is 7.11 Å². The van der Waals surface area contributed by atoms with Crippen LogP contribution in [0.2, 0.25) is 0 Å². The average Bonchev–Trinajstić information content (AvgIpc) is 2.86. The normalized spacial score (nSPS) is 10.8. The van der Waals surface area contributed by atoms with E-state index in [2.05, 4.69) is 0 Å². The second-order valence-corrected chi connectivity index (χ2v) is 5.42. The van der Waals surface area contributed by atoms with Crippen LogP contribution in [0.15, 0.2) is 48.5 Å². The number of aryl methyl sites for hydroxylation is 1. The molecule has 0 aliphatic rings. The number of nitrogens with zero attached hydrogens (tertiary/aromatic N) is 2. The number of imidazole rings is 1. The van der Waals surface area contributed by atoms with E-state index in [4.69, 9.17) is 10.1 Å². The lowest BCUT2D eigenvalue weighted by Gasteiger charge is -2.08. The fraction of sp³-hybridized carbons (Fsp3) is 0.167. The Hall–Kier alpha value is -3.15. The molecule has 1 N–H and O–H groups in total. The molecule has 1 aromatic heterocycles. The molecule has 0 amide bonds. The van der Waals surface area contributed by atoms with Crippen LogP contribution in [0.25, 0.3) is 11.0 Å². The molecular formula is C18H17N3O3. The number of nitrogens with one attached hydrogen (secondary N) is 1. The van der Waals surface area contributed by atoms with Crippen LogP contribution in [0.1, 0.15) is 20.7 Å². The molecule has 0 bridgehead atoms. The number of para-hydroxylation sites is 2. The summed E-state index contributed by atoms with van der Waals surface area (Å²) in [7, 11) is 3.07. The number of hydrogen-bond donors (Lipinski definition) is 1. The van der Waals surface area contributed by atoms with Crippen LogP contribution in [0.4, 0.5) is 0 Å². The van der Waals surface area contributed by atoms with E-state index in [1.54, 1.807) is 40.4 Å². The van der Waals surface area contributed by atoms with Gasteiger partial charge in [-0.25, -0.2) is 4.79 Å². The number of rotatable bonds is 4. The van der Waals surface area contributed by atoms with Crippen LogP contribution in [-0.4, -0.2) is 28.0 Å². The van der Waals surface area contributed by atoms with E-state index in [0.717, 1.165) is 11.0 Å². The number of benzene rings is 2. The van der Waals surface area contributed by atoms with Crippen LogP contribution in [0.5, 0.6) is 0 Å². The van der Waals surface area contributed by atoms with Crippen LogP contribution in [-0.2, 0) is 18.3 Å². The smallest absolute Gasteiger partial charge is 0.338 e. The van der Waals surface area contributed by atoms with E-state index in [1.807, 2.05) is 24.3 Å². The van der Waals surface area contributed by atoms with Crippen LogP contribution in [0.3, 0.4) is 0 Å². The molecule has 3 aromatic rings. The van der Waals surface area contributed by atoms with Gasteiger partial charge in [-0.3, -0.25) is 10.2 Å². The Labute approximate surface area is 138 Å². The van der Waals surface area contributed by atoms with E-state index in [0.29, 0.717) is 5.56 Å². The fourth-order valence-electron chi connectivity index (χ4n) is 2.79. The first-order valence-electron chi connectivity index (χ1n) is 7.44. The molecule has 0 saturated carbocycles. The van der Waals surface area contributed by atoms with Gasteiger partial charge in [-0.15, -0.1) is 0 Å². The number of esters is 1. The molecule has 24 heavy (non-hydrogen) atoms. The van der Waals surface area contributed by atoms with Gasteiger partial charge in [-0.05, 0) is 18.2 Å². The highest BCUT2D eigenvalue weighted by Crippen LogP contribution is 2.15. The molecule has 0 atom stereocenters. The van der Waals surface area contributed by atoms with Crippen molar-refractivity contribution in [1.82, 2.24) is 9.13 Å². The quantitative estimate of drug-likeness (QED) is 0.590. The third-order valence-electron chi connectivity index (χ3n) is 4.04. The molecule has 2 aromatic carbocycles. The van der Waals surface area contributed by atoms with Gasteiger partial charge in [0.2, 0.25) is 5.62 Å². The number of methoxy groups -OCH3 is 1. The minimum Gasteiger partial charge on any atom is -0.465 e. The summed E-state index contributed by atoms with van der Waals surface area (Å²) in [5.74, 6) is -0.793. The monoisotopic (exact) mass is 323 g/mol. The van der Waals surface area contributed by atoms with Gasteiger partial charge in [0.1, 0.15) is 0 Å². The van der Waals surface area contributed by atoms with Crippen molar-refractivity contribution in [3.8, 4) is 0 Å². The first kappa shape index (κ1) is 15.7. The van der Waals surface area contributed by atoms with Crippen LogP contribution in [0, 0.1) is 5.41 Å². The second kappa shape index (κ2) is 6.16. The Morgan fingerprint density at radius 3 is 2.25 bits per heavy atom. The zero-order chi connectivity index (χ0) is 17.3. The Balaban J connectivity index is 2.05. The SMILES string of the molecule is COC(=O)c1ccccc1C(=O)Cn1c(=N)n(C)c2ccccc21. The summed E-state index contributed by atoms with van der Waals surface area (Å²) < 4.78 is 8.08. The van der Waals surface area contributed by atoms with Gasteiger partial charge in [0, 0.05) is 12.6 Å². The second-order valence-electron chi connectivity index (χ2n) is 5.42. The molecule has 0 saturated heterocycles. The van der Waals surface area contributed by atoms with Crippen molar-refractivity contribution in [2.45, 2.75) is 6.54 Å². The van der Waals surface area contributed by atoms with E-state index in [1.165, 1.54) is 7.11 Å². The van der Waals surface area contributed by atoms with E-state index in [9.17, 15) is 9.59 Å². The molecule has 0 unspecified atom stereocenters. The molecular weight excluding hydrogens is 306 g/mol. The third kappa shape index (κ3) is 2.52. The van der Waals surface area contributed by atoms with Gasteiger partial charge in [-0.2, -0.15) is 0 Å². The number of carbonyl (C=O) groups is 2. The highest BCUT2D eigenvalue weighted by Gasteiger charge is 2.19. The summed E-state index contributed by atoms with van der Waals surface area (Å²) in [6.07, 6.45) is 0. The zero-order valence-electron chi connectivity index (χ0n) is 13.4. The molecule has 0 radical (unpaired) electrons. The Bertz CT molecular complexity index is 998. The molecule has 0 fully saturated rings. The maximum atomic E-state index is 12.7.